The van der Waals surface area contributed by atoms with Crippen LogP contribution in [0.3, 0.4) is 0 Å². The molecular formula is C26H33N5OS. The van der Waals surface area contributed by atoms with Crippen molar-refractivity contribution in [3.05, 3.63) is 39.7 Å². The number of nitrogens with zero attached hydrogens (tertiary/aromatic N) is 4. The number of aryl methyl sites for hydroxylation is 2. The fraction of sp³-hybridized carbons (Fsp3) is 0.538. The lowest BCUT2D eigenvalue weighted by molar-refractivity contribution is 0.155. The number of rotatable bonds is 5. The quantitative estimate of drug-likeness (QED) is 0.429. The van der Waals surface area contributed by atoms with Crippen molar-refractivity contribution < 1.29 is 5.11 Å². The molecule has 6 rings (SSSR count). The van der Waals surface area contributed by atoms with Gasteiger partial charge in [0, 0.05) is 41.2 Å². The lowest BCUT2D eigenvalue weighted by Crippen LogP contribution is -2.36. The second-order valence-corrected chi connectivity index (χ2v) is 11.4. The number of aliphatic hydroxyl groups excluding tert-OH is 1. The van der Waals surface area contributed by atoms with Gasteiger partial charge in [-0.2, -0.15) is 5.10 Å². The molecule has 3 atom stereocenters. The summed E-state index contributed by atoms with van der Waals surface area (Å²) >= 11 is 1.98. The Kier molecular flexibility index (Phi) is 4.94. The molecule has 4 aromatic rings. The van der Waals surface area contributed by atoms with E-state index in [2.05, 4.69) is 60.8 Å². The van der Waals surface area contributed by atoms with Crippen LogP contribution in [0.5, 0.6) is 0 Å². The summed E-state index contributed by atoms with van der Waals surface area (Å²) in [5.74, 6) is 1.81. The van der Waals surface area contributed by atoms with Gasteiger partial charge in [-0.05, 0) is 73.6 Å². The van der Waals surface area contributed by atoms with Crippen LogP contribution in [-0.4, -0.2) is 55.3 Å². The number of aliphatic hydroxyl groups is 1. The first-order valence-electron chi connectivity index (χ1n) is 12.2. The fourth-order valence-corrected chi connectivity index (χ4v) is 8.05. The first-order valence-corrected chi connectivity index (χ1v) is 13.0. The Morgan fingerprint density at radius 3 is 2.70 bits per heavy atom. The van der Waals surface area contributed by atoms with Gasteiger partial charge < -0.3 is 10.1 Å². The first-order chi connectivity index (χ1) is 15.9. The molecule has 5 heterocycles. The van der Waals surface area contributed by atoms with Gasteiger partial charge in [-0.25, -0.2) is 9.50 Å². The third-order valence-corrected chi connectivity index (χ3v) is 9.65. The highest BCUT2D eigenvalue weighted by atomic mass is 32.1. The minimum Gasteiger partial charge on any atom is -0.395 e. The Hall–Kier alpha value is -2.22. The Balaban J connectivity index is 1.46. The summed E-state index contributed by atoms with van der Waals surface area (Å²) in [5.41, 5.74) is 8.74. The standard InChI is InChI=1S/C26H33N5OS/c1-13(2)21-22-16(5)24(19-9-18-8-17(19)10-30(18)6-7-32)33-26(22)29-23(21)20-11-31-25(27-12-28-31)15(4)14(20)3/h11-13,17-19,29,32H,6-10H2,1-5H3/t17?,18?,19-/m1/s1. The second-order valence-electron chi connectivity index (χ2n) is 10.4. The molecule has 4 aromatic heterocycles. The van der Waals surface area contributed by atoms with Crippen molar-refractivity contribution in [1.82, 2.24) is 24.5 Å². The number of fused-ring (bicyclic) bond motifs is 4. The largest absolute Gasteiger partial charge is 0.395 e. The molecule has 1 saturated carbocycles. The summed E-state index contributed by atoms with van der Waals surface area (Å²) < 4.78 is 1.91. The van der Waals surface area contributed by atoms with Crippen LogP contribution in [0.1, 0.15) is 65.7 Å². The van der Waals surface area contributed by atoms with Crippen LogP contribution in [0, 0.1) is 26.7 Å². The monoisotopic (exact) mass is 463 g/mol. The van der Waals surface area contributed by atoms with E-state index in [1.54, 1.807) is 11.2 Å². The number of likely N-dealkylation sites (tertiary alicyclic amines) is 1. The van der Waals surface area contributed by atoms with Crippen LogP contribution in [0.25, 0.3) is 27.1 Å². The molecule has 0 aromatic carbocycles. The van der Waals surface area contributed by atoms with E-state index in [9.17, 15) is 5.11 Å². The van der Waals surface area contributed by atoms with Gasteiger partial charge >= 0.3 is 0 Å². The van der Waals surface area contributed by atoms with E-state index in [1.165, 1.54) is 56.6 Å². The number of pyridine rings is 1. The molecule has 174 valence electrons. The van der Waals surface area contributed by atoms with Crippen LogP contribution < -0.4 is 0 Å². The molecule has 0 spiro atoms. The summed E-state index contributed by atoms with van der Waals surface area (Å²) in [6.07, 6.45) is 6.29. The summed E-state index contributed by atoms with van der Waals surface area (Å²) in [6.45, 7) is 13.5. The lowest BCUT2D eigenvalue weighted by atomic mass is 9.88. The number of piperidine rings is 1. The molecule has 1 aliphatic heterocycles. The lowest BCUT2D eigenvalue weighted by Gasteiger charge is -2.31. The minimum absolute atomic E-state index is 0.273. The number of hydrogen-bond donors (Lipinski definition) is 2. The van der Waals surface area contributed by atoms with Gasteiger partial charge in [0.1, 0.15) is 11.2 Å². The molecule has 2 N–H and O–H groups in total. The SMILES string of the molecule is Cc1c(-c2[nH]c3sc([C@@H]4CC5CC4CN5CCO)c(C)c3c2C(C)C)cn2ncnc2c1C. The fourth-order valence-electron chi connectivity index (χ4n) is 6.62. The summed E-state index contributed by atoms with van der Waals surface area (Å²) in [6, 6.07) is 0.646. The van der Waals surface area contributed by atoms with Crippen LogP contribution in [0.2, 0.25) is 0 Å². The molecule has 2 bridgehead atoms. The van der Waals surface area contributed by atoms with Crippen molar-refractivity contribution in [3.8, 4) is 11.3 Å². The number of H-pyrrole nitrogens is 1. The molecule has 2 aliphatic rings. The Morgan fingerprint density at radius 1 is 1.18 bits per heavy atom. The van der Waals surface area contributed by atoms with E-state index in [-0.39, 0.29) is 6.61 Å². The van der Waals surface area contributed by atoms with Gasteiger partial charge in [0.2, 0.25) is 0 Å². The average Bonchev–Trinajstić information content (AvgIpc) is 3.57. The highest BCUT2D eigenvalue weighted by Gasteiger charge is 2.46. The zero-order valence-corrected chi connectivity index (χ0v) is 21.0. The summed E-state index contributed by atoms with van der Waals surface area (Å²) in [5, 5.41) is 15.2. The van der Waals surface area contributed by atoms with E-state index in [1.807, 2.05) is 15.9 Å². The molecule has 2 fully saturated rings. The van der Waals surface area contributed by atoms with Crippen molar-refractivity contribution in [1.29, 1.82) is 0 Å². The summed E-state index contributed by atoms with van der Waals surface area (Å²) in [7, 11) is 0. The molecule has 7 heteroatoms. The van der Waals surface area contributed by atoms with E-state index in [4.69, 9.17) is 0 Å². The number of β-amino-alcohol motifs (C(OH)–C–C–N with tert-alkyl or cyclic N) is 1. The van der Waals surface area contributed by atoms with E-state index < -0.39 is 0 Å². The van der Waals surface area contributed by atoms with E-state index >= 15 is 0 Å². The topological polar surface area (TPSA) is 69.5 Å². The van der Waals surface area contributed by atoms with Crippen molar-refractivity contribution >= 4 is 27.2 Å². The smallest absolute Gasteiger partial charge is 0.158 e. The van der Waals surface area contributed by atoms with Crippen molar-refractivity contribution in [3.63, 3.8) is 0 Å². The number of thiophene rings is 1. The zero-order valence-electron chi connectivity index (χ0n) is 20.1. The van der Waals surface area contributed by atoms with Crippen LogP contribution in [-0.2, 0) is 0 Å². The Labute approximate surface area is 198 Å². The second kappa shape index (κ2) is 7.65. The highest BCUT2D eigenvalue weighted by molar-refractivity contribution is 7.19. The molecule has 0 amide bonds. The maximum absolute atomic E-state index is 9.38. The van der Waals surface area contributed by atoms with E-state index in [0.717, 1.165) is 24.7 Å². The van der Waals surface area contributed by atoms with Gasteiger partial charge in [0.05, 0.1) is 12.3 Å². The number of aromatic amines is 1. The molecule has 6 nitrogen and oxygen atoms in total. The third kappa shape index (κ3) is 3.05. The van der Waals surface area contributed by atoms with E-state index in [0.29, 0.717) is 17.9 Å². The maximum Gasteiger partial charge on any atom is 0.158 e. The van der Waals surface area contributed by atoms with Crippen molar-refractivity contribution in [2.45, 2.75) is 65.3 Å². The van der Waals surface area contributed by atoms with Crippen LogP contribution in [0.4, 0.5) is 0 Å². The van der Waals surface area contributed by atoms with Crippen LogP contribution in [0.15, 0.2) is 12.5 Å². The third-order valence-electron chi connectivity index (χ3n) is 8.31. The predicted molar refractivity (Wildman–Crippen MR) is 134 cm³/mol. The Bertz CT molecular complexity index is 1360. The predicted octanol–water partition coefficient (Wildman–Crippen LogP) is 5.16. The molecule has 0 radical (unpaired) electrons. The number of nitrogens with one attached hydrogen (secondary N) is 1. The average molecular weight is 464 g/mol. The zero-order chi connectivity index (χ0) is 23.0. The summed E-state index contributed by atoms with van der Waals surface area (Å²) in [4.78, 5) is 13.7. The first kappa shape index (κ1) is 21.3. The Morgan fingerprint density at radius 2 is 2.00 bits per heavy atom. The number of aromatic nitrogens is 4. The van der Waals surface area contributed by atoms with Gasteiger partial charge in [0.15, 0.2) is 5.65 Å². The molecule has 1 saturated heterocycles. The molecule has 2 unspecified atom stereocenters. The minimum atomic E-state index is 0.273. The molecule has 1 aliphatic carbocycles. The van der Waals surface area contributed by atoms with Gasteiger partial charge in [-0.3, -0.25) is 4.90 Å². The van der Waals surface area contributed by atoms with Gasteiger partial charge in [0.25, 0.3) is 0 Å². The van der Waals surface area contributed by atoms with Crippen molar-refractivity contribution in [2.24, 2.45) is 5.92 Å². The van der Waals surface area contributed by atoms with Gasteiger partial charge in [-0.15, -0.1) is 11.3 Å². The van der Waals surface area contributed by atoms with Crippen LogP contribution >= 0.6 is 11.3 Å². The van der Waals surface area contributed by atoms with Gasteiger partial charge in [-0.1, -0.05) is 13.8 Å². The highest BCUT2D eigenvalue weighted by Crippen LogP contribution is 2.53. The maximum atomic E-state index is 9.38. The number of hydrogen-bond acceptors (Lipinski definition) is 5. The normalized spacial score (nSPS) is 23.2. The molecular weight excluding hydrogens is 430 g/mol. The molecule has 33 heavy (non-hydrogen) atoms. The van der Waals surface area contributed by atoms with Crippen molar-refractivity contribution in [2.75, 3.05) is 19.7 Å².